The minimum absolute atomic E-state index is 0.142. The SMILES string of the molecule is CC(C)([Se]c1ccccc1)C1N(Cc2ccccc2)C(=O)C1(Cl)Cl. The molecule has 1 fully saturated rings. The Labute approximate surface area is 159 Å². The van der Waals surface area contributed by atoms with Crippen LogP contribution in [0.3, 0.4) is 0 Å². The van der Waals surface area contributed by atoms with Crippen LogP contribution in [0.25, 0.3) is 0 Å². The molecule has 0 spiro atoms. The van der Waals surface area contributed by atoms with Gasteiger partial charge in [-0.1, -0.05) is 0 Å². The van der Waals surface area contributed by atoms with Crippen LogP contribution in [0.5, 0.6) is 0 Å². The fraction of sp³-hybridized carbons (Fsp3) is 0.316. The van der Waals surface area contributed by atoms with E-state index in [1.807, 2.05) is 53.4 Å². The van der Waals surface area contributed by atoms with Gasteiger partial charge < -0.3 is 0 Å². The fourth-order valence-electron chi connectivity index (χ4n) is 3.16. The van der Waals surface area contributed by atoms with Gasteiger partial charge in [-0.3, -0.25) is 0 Å². The van der Waals surface area contributed by atoms with Crippen molar-refractivity contribution >= 4 is 48.5 Å². The summed E-state index contributed by atoms with van der Waals surface area (Å²) in [5, 5.41) is 0. The molecule has 2 aromatic carbocycles. The summed E-state index contributed by atoms with van der Waals surface area (Å²) in [6.07, 6.45) is 0. The summed E-state index contributed by atoms with van der Waals surface area (Å²) < 4.78 is -0.242. The number of likely N-dealkylation sites (tertiary alicyclic amines) is 1. The first-order chi connectivity index (χ1) is 11.3. The Bertz CT molecular complexity index is 719. The molecule has 2 nitrogen and oxygen atoms in total. The predicted molar refractivity (Wildman–Crippen MR) is 101 cm³/mol. The molecular formula is C19H19Cl2NOSe. The van der Waals surface area contributed by atoms with Crippen molar-refractivity contribution in [2.45, 2.75) is 35.1 Å². The molecule has 0 bridgehead atoms. The molecule has 1 aliphatic heterocycles. The molecule has 5 heteroatoms. The molecule has 1 aliphatic rings. The zero-order chi connectivity index (χ0) is 17.4. The Morgan fingerprint density at radius 1 is 1.04 bits per heavy atom. The van der Waals surface area contributed by atoms with Gasteiger partial charge in [0.15, 0.2) is 0 Å². The Morgan fingerprint density at radius 3 is 2.17 bits per heavy atom. The zero-order valence-corrected chi connectivity index (χ0v) is 16.8. The molecule has 0 aromatic heterocycles. The first-order valence-corrected chi connectivity index (χ1v) is 10.3. The molecule has 0 aliphatic carbocycles. The van der Waals surface area contributed by atoms with E-state index in [4.69, 9.17) is 23.2 Å². The first kappa shape index (κ1) is 17.8. The standard InChI is InChI=1S/C19H19Cl2NOSe/c1-18(2,24-15-11-7-4-8-12-15)16-19(20,21)17(23)22(16)13-14-9-5-3-6-10-14/h3-12,16H,13H2,1-2H3. The number of nitrogens with zero attached hydrogens (tertiary/aromatic N) is 1. The monoisotopic (exact) mass is 427 g/mol. The van der Waals surface area contributed by atoms with E-state index < -0.39 is 4.33 Å². The fourth-order valence-corrected chi connectivity index (χ4v) is 7.21. The van der Waals surface area contributed by atoms with Gasteiger partial charge in [-0.25, -0.2) is 0 Å². The zero-order valence-electron chi connectivity index (χ0n) is 13.6. The molecular weight excluding hydrogens is 408 g/mol. The third kappa shape index (κ3) is 3.36. The van der Waals surface area contributed by atoms with Gasteiger partial charge >= 0.3 is 160 Å². The van der Waals surface area contributed by atoms with Gasteiger partial charge in [-0.2, -0.15) is 0 Å². The Kier molecular flexibility index (Phi) is 4.99. The number of halogens is 2. The molecule has 1 amide bonds. The summed E-state index contributed by atoms with van der Waals surface area (Å²) in [4.78, 5) is 14.3. The van der Waals surface area contributed by atoms with Crippen LogP contribution >= 0.6 is 23.2 Å². The van der Waals surface area contributed by atoms with Gasteiger partial charge in [0.25, 0.3) is 0 Å². The van der Waals surface area contributed by atoms with Crippen molar-refractivity contribution in [1.29, 1.82) is 0 Å². The molecule has 0 N–H and O–H groups in total. The van der Waals surface area contributed by atoms with Gasteiger partial charge in [0.2, 0.25) is 0 Å². The molecule has 24 heavy (non-hydrogen) atoms. The van der Waals surface area contributed by atoms with Gasteiger partial charge in [0, 0.05) is 0 Å². The van der Waals surface area contributed by atoms with Crippen molar-refractivity contribution in [3.63, 3.8) is 0 Å². The molecule has 1 unspecified atom stereocenters. The number of carbonyl (C=O) groups excluding carboxylic acids is 1. The number of hydrogen-bond donors (Lipinski definition) is 0. The average Bonchev–Trinajstić information content (AvgIpc) is 2.55. The first-order valence-electron chi connectivity index (χ1n) is 7.79. The molecule has 2 aromatic rings. The average molecular weight is 427 g/mol. The van der Waals surface area contributed by atoms with Gasteiger partial charge in [-0.15, -0.1) is 0 Å². The molecule has 0 radical (unpaired) electrons. The molecule has 1 saturated heterocycles. The molecule has 3 rings (SSSR count). The Hall–Kier alpha value is -0.991. The predicted octanol–water partition coefficient (Wildman–Crippen LogP) is 3.80. The van der Waals surface area contributed by atoms with E-state index in [1.165, 1.54) is 4.46 Å². The summed E-state index contributed by atoms with van der Waals surface area (Å²) in [5.41, 5.74) is 1.09. The van der Waals surface area contributed by atoms with Crippen LogP contribution in [0.2, 0.25) is 4.31 Å². The quantitative estimate of drug-likeness (QED) is 0.404. The van der Waals surface area contributed by atoms with E-state index in [2.05, 4.69) is 26.0 Å². The summed E-state index contributed by atoms with van der Waals surface area (Å²) in [6.45, 7) is 4.84. The van der Waals surface area contributed by atoms with E-state index in [-0.39, 0.29) is 31.2 Å². The van der Waals surface area contributed by atoms with Crippen LogP contribution in [-0.2, 0) is 11.3 Å². The van der Waals surface area contributed by atoms with Crippen molar-refractivity contribution in [3.8, 4) is 0 Å². The molecule has 0 saturated carbocycles. The second kappa shape index (κ2) is 6.72. The maximum absolute atomic E-state index is 12.5. The van der Waals surface area contributed by atoms with Crippen molar-refractivity contribution in [2.75, 3.05) is 0 Å². The number of β-lactam (4-membered cyclic amide) rings is 1. The summed E-state index contributed by atoms with van der Waals surface area (Å²) >= 11 is 13.0. The van der Waals surface area contributed by atoms with Crippen LogP contribution in [-0.4, -0.2) is 36.1 Å². The van der Waals surface area contributed by atoms with Crippen molar-refractivity contribution in [3.05, 3.63) is 66.2 Å². The van der Waals surface area contributed by atoms with Crippen molar-refractivity contribution in [2.24, 2.45) is 0 Å². The van der Waals surface area contributed by atoms with Gasteiger partial charge in [-0.05, 0) is 0 Å². The van der Waals surface area contributed by atoms with E-state index in [0.29, 0.717) is 6.54 Å². The van der Waals surface area contributed by atoms with E-state index in [9.17, 15) is 4.79 Å². The molecule has 1 atom stereocenters. The number of benzene rings is 2. The van der Waals surface area contributed by atoms with Crippen LogP contribution in [0, 0.1) is 0 Å². The third-order valence-corrected chi connectivity index (χ3v) is 7.55. The number of hydrogen-bond acceptors (Lipinski definition) is 1. The number of amides is 1. The maximum atomic E-state index is 12.5. The molecule has 126 valence electrons. The third-order valence-electron chi connectivity index (χ3n) is 4.18. The molecule has 1 heterocycles. The van der Waals surface area contributed by atoms with Gasteiger partial charge in [0.05, 0.1) is 0 Å². The summed E-state index contributed by atoms with van der Waals surface area (Å²) in [5.74, 6) is -0.198. The second-order valence-corrected chi connectivity index (χ2v) is 11.5. The van der Waals surface area contributed by atoms with E-state index in [0.717, 1.165) is 5.56 Å². The topological polar surface area (TPSA) is 20.3 Å². The Morgan fingerprint density at radius 2 is 1.58 bits per heavy atom. The normalized spacial score (nSPS) is 19.9. The minimum atomic E-state index is -1.34. The van der Waals surface area contributed by atoms with Crippen molar-refractivity contribution in [1.82, 2.24) is 4.90 Å². The number of alkyl halides is 2. The summed E-state index contributed by atoms with van der Waals surface area (Å²) in [7, 11) is 0. The van der Waals surface area contributed by atoms with Crippen LogP contribution in [0.1, 0.15) is 19.4 Å². The van der Waals surface area contributed by atoms with Gasteiger partial charge in [0.1, 0.15) is 0 Å². The Balaban J connectivity index is 1.83. The van der Waals surface area contributed by atoms with E-state index in [1.54, 1.807) is 0 Å². The van der Waals surface area contributed by atoms with Crippen LogP contribution < -0.4 is 4.46 Å². The van der Waals surface area contributed by atoms with E-state index >= 15 is 0 Å². The van der Waals surface area contributed by atoms with Crippen LogP contribution in [0.15, 0.2) is 60.7 Å². The number of carbonyl (C=O) groups is 1. The van der Waals surface area contributed by atoms with Crippen molar-refractivity contribution < 1.29 is 4.79 Å². The second-order valence-electron chi connectivity index (χ2n) is 6.46. The van der Waals surface area contributed by atoms with Crippen LogP contribution in [0.4, 0.5) is 0 Å². The summed E-state index contributed by atoms with van der Waals surface area (Å²) in [6, 6.07) is 20.1. The number of rotatable bonds is 5.